The second-order valence-corrected chi connectivity index (χ2v) is 4.12. The van der Waals surface area contributed by atoms with Crippen molar-refractivity contribution in [3.05, 3.63) is 35.9 Å². The van der Waals surface area contributed by atoms with Gasteiger partial charge in [-0.05, 0) is 12.0 Å². The average molecular weight is 252 g/mol. The van der Waals surface area contributed by atoms with Gasteiger partial charge in [0.2, 0.25) is 5.78 Å². The van der Waals surface area contributed by atoms with Gasteiger partial charge in [-0.15, -0.1) is 0 Å². The van der Waals surface area contributed by atoms with Crippen molar-refractivity contribution in [2.75, 3.05) is 21.3 Å². The summed E-state index contributed by atoms with van der Waals surface area (Å²) in [6, 6.07) is 9.81. The Bertz CT molecular complexity index is 362. The third kappa shape index (κ3) is 3.16. The number of methoxy groups -OCH3 is 3. The molecular formula is C14H20O4. The molecule has 0 aliphatic rings. The lowest BCUT2D eigenvalue weighted by molar-refractivity contribution is -0.327. The maximum atomic E-state index is 12.3. The van der Waals surface area contributed by atoms with Crippen LogP contribution in [0.25, 0.3) is 0 Å². The Morgan fingerprint density at radius 1 is 1.11 bits per heavy atom. The first-order valence-corrected chi connectivity index (χ1v) is 5.83. The van der Waals surface area contributed by atoms with Gasteiger partial charge in [-0.1, -0.05) is 37.3 Å². The fourth-order valence-corrected chi connectivity index (χ4v) is 1.91. The summed E-state index contributed by atoms with van der Waals surface area (Å²) in [6.07, 6.45) is 0.623. The van der Waals surface area contributed by atoms with Gasteiger partial charge in [0.15, 0.2) is 0 Å². The van der Waals surface area contributed by atoms with Crippen LogP contribution < -0.4 is 0 Å². The van der Waals surface area contributed by atoms with Gasteiger partial charge in [-0.2, -0.15) is 0 Å². The van der Waals surface area contributed by atoms with Gasteiger partial charge < -0.3 is 14.2 Å². The molecule has 4 heteroatoms. The van der Waals surface area contributed by atoms with Crippen molar-refractivity contribution in [1.82, 2.24) is 0 Å². The minimum absolute atomic E-state index is 0.223. The van der Waals surface area contributed by atoms with E-state index in [2.05, 4.69) is 0 Å². The Morgan fingerprint density at radius 2 is 1.61 bits per heavy atom. The van der Waals surface area contributed by atoms with Crippen molar-refractivity contribution >= 4 is 5.78 Å². The molecule has 0 radical (unpaired) electrons. The number of carbonyl (C=O) groups excluding carboxylic acids is 1. The highest BCUT2D eigenvalue weighted by Gasteiger charge is 2.42. The molecule has 4 nitrogen and oxygen atoms in total. The SMILES string of the molecule is COC(OC)(OC)C(=O)C(C)Cc1ccccc1. The highest BCUT2D eigenvalue weighted by atomic mass is 16.9. The summed E-state index contributed by atoms with van der Waals surface area (Å²) in [5.74, 6) is -2.08. The molecule has 100 valence electrons. The molecule has 0 aliphatic heterocycles. The molecule has 0 heterocycles. The maximum absolute atomic E-state index is 12.3. The smallest absolute Gasteiger partial charge is 0.325 e. The Balaban J connectivity index is 2.77. The van der Waals surface area contributed by atoms with Crippen LogP contribution in [0.2, 0.25) is 0 Å². The van der Waals surface area contributed by atoms with Gasteiger partial charge in [0, 0.05) is 27.2 Å². The lowest BCUT2D eigenvalue weighted by Gasteiger charge is -2.29. The van der Waals surface area contributed by atoms with Crippen LogP contribution in [0, 0.1) is 5.92 Å². The summed E-state index contributed by atoms with van der Waals surface area (Å²) >= 11 is 0. The minimum atomic E-state index is -1.60. The van der Waals surface area contributed by atoms with Gasteiger partial charge in [0.25, 0.3) is 0 Å². The largest absolute Gasteiger partial charge is 0.346 e. The minimum Gasteiger partial charge on any atom is -0.325 e. The van der Waals surface area contributed by atoms with Crippen LogP contribution in [0.1, 0.15) is 12.5 Å². The Hall–Kier alpha value is -1.23. The van der Waals surface area contributed by atoms with Crippen LogP contribution in [0.5, 0.6) is 0 Å². The van der Waals surface area contributed by atoms with Crippen LogP contribution in [-0.4, -0.2) is 33.1 Å². The van der Waals surface area contributed by atoms with Gasteiger partial charge in [-0.25, -0.2) is 0 Å². The number of rotatable bonds is 7. The zero-order chi connectivity index (χ0) is 13.6. The Morgan fingerprint density at radius 3 is 2.06 bits per heavy atom. The van der Waals surface area contributed by atoms with E-state index < -0.39 is 5.97 Å². The predicted molar refractivity (Wildman–Crippen MR) is 68.1 cm³/mol. The molecule has 1 unspecified atom stereocenters. The third-order valence-electron chi connectivity index (χ3n) is 2.94. The summed E-state index contributed by atoms with van der Waals surface area (Å²) in [5, 5.41) is 0. The first-order valence-electron chi connectivity index (χ1n) is 5.83. The molecule has 0 spiro atoms. The van der Waals surface area contributed by atoms with Crippen molar-refractivity contribution < 1.29 is 19.0 Å². The Kier molecular flexibility index (Phi) is 5.47. The molecular weight excluding hydrogens is 232 g/mol. The van der Waals surface area contributed by atoms with Crippen molar-refractivity contribution in [2.45, 2.75) is 19.3 Å². The fraction of sp³-hybridized carbons (Fsp3) is 0.500. The molecule has 0 bridgehead atoms. The van der Waals surface area contributed by atoms with Crippen molar-refractivity contribution in [1.29, 1.82) is 0 Å². The lowest BCUT2D eigenvalue weighted by Crippen LogP contribution is -2.47. The van der Waals surface area contributed by atoms with Gasteiger partial charge in [0.1, 0.15) is 0 Å². The third-order valence-corrected chi connectivity index (χ3v) is 2.94. The monoisotopic (exact) mass is 252 g/mol. The fourth-order valence-electron chi connectivity index (χ4n) is 1.91. The predicted octanol–water partition coefficient (Wildman–Crippen LogP) is 2.03. The number of hydrogen-bond donors (Lipinski definition) is 0. The van der Waals surface area contributed by atoms with E-state index in [4.69, 9.17) is 14.2 Å². The van der Waals surface area contributed by atoms with E-state index in [1.807, 2.05) is 37.3 Å². The number of Topliss-reactive ketones (excluding diaryl/α,β-unsaturated/α-hetero) is 1. The molecule has 1 aromatic carbocycles. The summed E-state index contributed by atoms with van der Waals surface area (Å²) in [5.41, 5.74) is 1.09. The molecule has 0 saturated carbocycles. The second kappa shape index (κ2) is 6.64. The van der Waals surface area contributed by atoms with Crippen LogP contribution in [0.15, 0.2) is 30.3 Å². The molecule has 0 fully saturated rings. The molecule has 0 N–H and O–H groups in total. The van der Waals surface area contributed by atoms with Crippen molar-refractivity contribution in [3.63, 3.8) is 0 Å². The summed E-state index contributed by atoms with van der Waals surface area (Å²) < 4.78 is 15.2. The molecule has 18 heavy (non-hydrogen) atoms. The van der Waals surface area contributed by atoms with Crippen LogP contribution in [0.4, 0.5) is 0 Å². The number of benzene rings is 1. The quantitative estimate of drug-likeness (QED) is 0.696. The molecule has 1 atom stereocenters. The van der Waals surface area contributed by atoms with Crippen molar-refractivity contribution in [3.8, 4) is 0 Å². The van der Waals surface area contributed by atoms with Gasteiger partial charge >= 0.3 is 5.97 Å². The first-order chi connectivity index (χ1) is 8.59. The molecule has 0 saturated heterocycles. The standard InChI is InChI=1S/C14H20O4/c1-11(10-12-8-6-5-7-9-12)13(15)14(16-2,17-3)18-4/h5-9,11H,10H2,1-4H3. The zero-order valence-corrected chi connectivity index (χ0v) is 11.3. The highest BCUT2D eigenvalue weighted by molar-refractivity contribution is 5.86. The van der Waals surface area contributed by atoms with Crippen molar-refractivity contribution in [2.24, 2.45) is 5.92 Å². The zero-order valence-electron chi connectivity index (χ0n) is 11.3. The van der Waals surface area contributed by atoms with E-state index >= 15 is 0 Å². The molecule has 1 rings (SSSR count). The van der Waals surface area contributed by atoms with Crippen LogP contribution in [0.3, 0.4) is 0 Å². The van der Waals surface area contributed by atoms with E-state index in [0.717, 1.165) is 5.56 Å². The van der Waals surface area contributed by atoms with Crippen LogP contribution >= 0.6 is 0 Å². The molecule has 0 aromatic heterocycles. The molecule has 1 aromatic rings. The molecule has 0 aliphatic carbocycles. The number of ether oxygens (including phenoxy) is 3. The summed E-state index contributed by atoms with van der Waals surface area (Å²) in [4.78, 5) is 12.3. The van der Waals surface area contributed by atoms with Crippen LogP contribution in [-0.2, 0) is 25.4 Å². The number of hydrogen-bond acceptors (Lipinski definition) is 4. The van der Waals surface area contributed by atoms with E-state index in [1.54, 1.807) is 0 Å². The second-order valence-electron chi connectivity index (χ2n) is 4.12. The average Bonchev–Trinajstić information content (AvgIpc) is 2.42. The van der Waals surface area contributed by atoms with E-state index in [1.165, 1.54) is 21.3 Å². The maximum Gasteiger partial charge on any atom is 0.346 e. The molecule has 0 amide bonds. The topological polar surface area (TPSA) is 44.8 Å². The van der Waals surface area contributed by atoms with E-state index in [9.17, 15) is 4.79 Å². The summed E-state index contributed by atoms with van der Waals surface area (Å²) in [7, 11) is 4.17. The Labute approximate surface area is 108 Å². The van der Waals surface area contributed by atoms with E-state index in [0.29, 0.717) is 6.42 Å². The normalized spacial score (nSPS) is 13.3. The highest BCUT2D eigenvalue weighted by Crippen LogP contribution is 2.21. The lowest BCUT2D eigenvalue weighted by atomic mass is 9.96. The van der Waals surface area contributed by atoms with Gasteiger partial charge in [0.05, 0.1) is 0 Å². The number of carbonyl (C=O) groups is 1. The first kappa shape index (κ1) is 14.8. The van der Waals surface area contributed by atoms with E-state index in [-0.39, 0.29) is 11.7 Å². The summed E-state index contributed by atoms with van der Waals surface area (Å²) in [6.45, 7) is 1.83. The number of ketones is 1. The van der Waals surface area contributed by atoms with Gasteiger partial charge in [-0.3, -0.25) is 4.79 Å².